The quantitative estimate of drug-likeness (QED) is 0.935. The zero-order chi connectivity index (χ0) is 16.4. The number of aromatic carboxylic acids is 1. The van der Waals surface area contributed by atoms with Crippen LogP contribution < -0.4 is 10.2 Å². The number of rotatable bonds is 4. The number of aryl methyl sites for hydroxylation is 2. The largest absolute Gasteiger partial charge is 0.476 e. The predicted octanol–water partition coefficient (Wildman–Crippen LogP) is 2.15. The number of benzene rings is 1. The van der Waals surface area contributed by atoms with Gasteiger partial charge >= 0.3 is 12.6 Å². The van der Waals surface area contributed by atoms with Crippen molar-refractivity contribution in [3.05, 3.63) is 51.4 Å². The van der Waals surface area contributed by atoms with E-state index in [0.29, 0.717) is 16.9 Å². The van der Waals surface area contributed by atoms with E-state index in [0.717, 1.165) is 6.07 Å². The highest BCUT2D eigenvalue weighted by Crippen LogP contribution is 2.22. The molecule has 6 nitrogen and oxygen atoms in total. The summed E-state index contributed by atoms with van der Waals surface area (Å²) in [6.45, 7) is 0.284. The van der Waals surface area contributed by atoms with Crippen LogP contribution in [0.2, 0.25) is 0 Å². The third-order valence-corrected chi connectivity index (χ3v) is 2.93. The molecule has 0 saturated carbocycles. The maximum absolute atomic E-state index is 12.2. The van der Waals surface area contributed by atoms with Gasteiger partial charge in [0, 0.05) is 11.8 Å². The van der Waals surface area contributed by atoms with Gasteiger partial charge in [0.2, 0.25) is 11.1 Å². The lowest BCUT2D eigenvalue weighted by atomic mass is 10.2. The van der Waals surface area contributed by atoms with Crippen LogP contribution in [0.4, 0.5) is 8.78 Å². The van der Waals surface area contributed by atoms with E-state index in [9.17, 15) is 18.4 Å². The molecule has 116 valence electrons. The minimum absolute atomic E-state index is 0.0200. The Bertz CT molecular complexity index is 787. The summed E-state index contributed by atoms with van der Waals surface area (Å²) in [6, 6.07) is 5.30. The zero-order valence-electron chi connectivity index (χ0n) is 11.7. The molecule has 0 aliphatic carbocycles. The number of carboxylic acid groups (broad SMARTS) is 1. The highest BCUT2D eigenvalue weighted by atomic mass is 19.3. The molecule has 0 spiro atoms. The summed E-state index contributed by atoms with van der Waals surface area (Å²) in [5.41, 5.74) is 0.102. The molecule has 2 rings (SSSR count). The van der Waals surface area contributed by atoms with Crippen LogP contribution in [0.5, 0.6) is 5.75 Å². The summed E-state index contributed by atoms with van der Waals surface area (Å²) >= 11 is 0. The van der Waals surface area contributed by atoms with Crippen molar-refractivity contribution in [2.75, 3.05) is 0 Å². The topological polar surface area (TPSA) is 81.4 Å². The number of nitrogens with zero attached hydrogens (tertiary/aromatic N) is 2. The summed E-state index contributed by atoms with van der Waals surface area (Å²) in [7, 11) is 0. The number of alkyl halides is 2. The van der Waals surface area contributed by atoms with Crippen LogP contribution in [0, 0.1) is 13.8 Å². The van der Waals surface area contributed by atoms with Crippen molar-refractivity contribution in [2.45, 2.75) is 20.5 Å². The molecule has 0 atom stereocenters. The van der Waals surface area contributed by atoms with E-state index < -0.39 is 23.7 Å². The van der Waals surface area contributed by atoms with Gasteiger partial charge in [-0.15, -0.1) is 0 Å². The molecule has 0 amide bonds. The number of halogens is 2. The first kappa shape index (κ1) is 15.6. The van der Waals surface area contributed by atoms with Crippen molar-refractivity contribution in [1.82, 2.24) is 9.78 Å². The van der Waals surface area contributed by atoms with Crippen LogP contribution in [0.1, 0.15) is 21.7 Å². The Morgan fingerprint density at radius 1 is 1.32 bits per heavy atom. The molecular formula is C14H12F2N2O4. The Kier molecular flexibility index (Phi) is 4.20. The van der Waals surface area contributed by atoms with E-state index in [4.69, 9.17) is 5.11 Å². The van der Waals surface area contributed by atoms with Crippen LogP contribution in [-0.4, -0.2) is 27.5 Å². The second-order valence-electron chi connectivity index (χ2n) is 4.54. The predicted molar refractivity (Wildman–Crippen MR) is 72.9 cm³/mol. The molecule has 8 heteroatoms. The molecule has 0 fully saturated rings. The molecule has 1 N–H and O–H groups in total. The number of carboxylic acids is 1. The lowest BCUT2D eigenvalue weighted by molar-refractivity contribution is -0.0498. The summed E-state index contributed by atoms with van der Waals surface area (Å²) in [5.74, 6) is -1.46. The summed E-state index contributed by atoms with van der Waals surface area (Å²) in [5, 5.41) is 12.8. The van der Waals surface area contributed by atoms with Crippen molar-refractivity contribution < 1.29 is 23.4 Å². The second-order valence-corrected chi connectivity index (χ2v) is 4.54. The van der Waals surface area contributed by atoms with Gasteiger partial charge in [-0.25, -0.2) is 9.48 Å². The molecule has 0 aliphatic rings. The van der Waals surface area contributed by atoms with E-state index in [1.807, 2.05) is 0 Å². The molecule has 0 saturated heterocycles. The number of ether oxygens (including phenoxy) is 1. The van der Waals surface area contributed by atoms with Crippen LogP contribution >= 0.6 is 0 Å². The van der Waals surface area contributed by atoms with Crippen LogP contribution in [-0.2, 0) is 0 Å². The Labute approximate surface area is 123 Å². The molecular weight excluding hydrogens is 298 g/mol. The summed E-state index contributed by atoms with van der Waals surface area (Å²) in [6.07, 6.45) is 0. The van der Waals surface area contributed by atoms with E-state index in [-0.39, 0.29) is 5.75 Å². The van der Waals surface area contributed by atoms with Gasteiger partial charge in [-0.1, -0.05) is 0 Å². The number of carbonyl (C=O) groups is 1. The molecule has 0 bridgehead atoms. The van der Waals surface area contributed by atoms with Gasteiger partial charge in [-0.2, -0.15) is 13.9 Å². The standard InChI is InChI=1S/C14H12F2N2O4/c1-7-5-9(22-14(15)16)3-4-10(7)18-8(2)6-11(19)12(17-18)13(20)21/h3-6,14H,1-2H3,(H,20,21). The fourth-order valence-corrected chi connectivity index (χ4v) is 1.98. The fraction of sp³-hybridized carbons (Fsp3) is 0.214. The smallest absolute Gasteiger partial charge is 0.387 e. The summed E-state index contributed by atoms with van der Waals surface area (Å²) < 4.78 is 29.9. The lowest BCUT2D eigenvalue weighted by Crippen LogP contribution is -2.22. The van der Waals surface area contributed by atoms with Crippen LogP contribution in [0.15, 0.2) is 29.1 Å². The second kappa shape index (κ2) is 5.92. The van der Waals surface area contributed by atoms with E-state index in [2.05, 4.69) is 9.84 Å². The van der Waals surface area contributed by atoms with E-state index in [1.54, 1.807) is 13.8 Å². The maximum atomic E-state index is 12.2. The van der Waals surface area contributed by atoms with E-state index >= 15 is 0 Å². The van der Waals surface area contributed by atoms with Gasteiger partial charge in [0.1, 0.15) is 5.75 Å². The maximum Gasteiger partial charge on any atom is 0.387 e. The van der Waals surface area contributed by atoms with Crippen molar-refractivity contribution >= 4 is 5.97 Å². The molecule has 1 heterocycles. The van der Waals surface area contributed by atoms with Gasteiger partial charge in [-0.05, 0) is 37.6 Å². The average Bonchev–Trinajstić information content (AvgIpc) is 2.39. The normalized spacial score (nSPS) is 10.8. The SMILES string of the molecule is Cc1cc(OC(F)F)ccc1-n1nc(C(=O)O)c(=O)cc1C. The Balaban J connectivity index is 2.54. The highest BCUT2D eigenvalue weighted by Gasteiger charge is 2.15. The molecule has 1 aromatic carbocycles. The molecule has 0 unspecified atom stereocenters. The van der Waals surface area contributed by atoms with Crippen molar-refractivity contribution in [3.8, 4) is 11.4 Å². The van der Waals surface area contributed by atoms with Crippen molar-refractivity contribution in [3.63, 3.8) is 0 Å². The highest BCUT2D eigenvalue weighted by molar-refractivity contribution is 5.84. The average molecular weight is 310 g/mol. The van der Waals surface area contributed by atoms with Crippen LogP contribution in [0.25, 0.3) is 5.69 Å². The van der Waals surface area contributed by atoms with Crippen molar-refractivity contribution in [1.29, 1.82) is 0 Å². The van der Waals surface area contributed by atoms with Gasteiger partial charge in [0.05, 0.1) is 5.69 Å². The number of hydrogen-bond acceptors (Lipinski definition) is 4. The molecule has 1 aromatic heterocycles. The minimum Gasteiger partial charge on any atom is -0.476 e. The number of aromatic nitrogens is 2. The monoisotopic (exact) mass is 310 g/mol. The van der Waals surface area contributed by atoms with E-state index in [1.165, 1.54) is 22.9 Å². The zero-order valence-corrected chi connectivity index (χ0v) is 11.7. The summed E-state index contributed by atoms with van der Waals surface area (Å²) in [4.78, 5) is 22.6. The Morgan fingerprint density at radius 3 is 2.55 bits per heavy atom. The first-order valence-electron chi connectivity index (χ1n) is 6.19. The Morgan fingerprint density at radius 2 is 2.00 bits per heavy atom. The molecule has 0 aliphatic heterocycles. The first-order chi connectivity index (χ1) is 10.3. The minimum atomic E-state index is -2.93. The molecule has 0 radical (unpaired) electrons. The Hall–Kier alpha value is -2.77. The third kappa shape index (κ3) is 3.11. The fourth-order valence-electron chi connectivity index (χ4n) is 1.98. The first-order valence-corrected chi connectivity index (χ1v) is 6.19. The van der Waals surface area contributed by atoms with Crippen LogP contribution in [0.3, 0.4) is 0 Å². The van der Waals surface area contributed by atoms with Gasteiger partial charge in [0.25, 0.3) is 0 Å². The van der Waals surface area contributed by atoms with Crippen molar-refractivity contribution in [2.24, 2.45) is 0 Å². The van der Waals surface area contributed by atoms with Gasteiger partial charge in [-0.3, -0.25) is 4.79 Å². The van der Waals surface area contributed by atoms with Gasteiger partial charge in [0.15, 0.2) is 0 Å². The molecule has 22 heavy (non-hydrogen) atoms. The van der Waals surface area contributed by atoms with Gasteiger partial charge < -0.3 is 9.84 Å². The lowest BCUT2D eigenvalue weighted by Gasteiger charge is -2.14. The molecule has 2 aromatic rings. The number of hydrogen-bond donors (Lipinski definition) is 1. The third-order valence-electron chi connectivity index (χ3n) is 2.93.